The second-order valence-corrected chi connectivity index (χ2v) is 7.03. The van der Waals surface area contributed by atoms with Crippen molar-refractivity contribution < 1.29 is 4.42 Å². The Hall–Kier alpha value is -2.95. The van der Waals surface area contributed by atoms with Gasteiger partial charge in [0.15, 0.2) is 11.7 Å². The number of guanidine groups is 1. The largest absolute Gasteiger partial charge is 0.461 e. The first kappa shape index (κ1) is 18.4. The van der Waals surface area contributed by atoms with Gasteiger partial charge in [-0.15, -0.1) is 5.10 Å². The van der Waals surface area contributed by atoms with Crippen molar-refractivity contribution in [2.45, 2.75) is 19.9 Å². The number of anilines is 1. The van der Waals surface area contributed by atoms with Gasteiger partial charge < -0.3 is 19.5 Å². The van der Waals surface area contributed by atoms with Gasteiger partial charge in [-0.2, -0.15) is 4.37 Å². The van der Waals surface area contributed by atoms with Crippen LogP contribution in [0.15, 0.2) is 27.8 Å². The molecule has 1 aliphatic rings. The fraction of sp³-hybridized carbons (Fsp3) is 0.471. The first-order chi connectivity index (χ1) is 13.8. The summed E-state index contributed by atoms with van der Waals surface area (Å²) in [5.41, 5.74) is 0. The molecule has 0 bridgehead atoms. The van der Waals surface area contributed by atoms with Gasteiger partial charge in [-0.1, -0.05) is 6.92 Å². The third-order valence-electron chi connectivity index (χ3n) is 4.52. The maximum absolute atomic E-state index is 5.32. The van der Waals surface area contributed by atoms with Crippen LogP contribution < -0.4 is 10.2 Å². The van der Waals surface area contributed by atoms with Crippen LogP contribution in [0.1, 0.15) is 18.6 Å². The summed E-state index contributed by atoms with van der Waals surface area (Å²) in [6.07, 6.45) is 2.48. The smallest absolute Gasteiger partial charge is 0.216 e. The average Bonchev–Trinajstić information content (AvgIpc) is 3.49. The van der Waals surface area contributed by atoms with Crippen LogP contribution >= 0.6 is 11.5 Å². The molecule has 28 heavy (non-hydrogen) atoms. The van der Waals surface area contributed by atoms with Crippen molar-refractivity contribution in [3.63, 3.8) is 0 Å². The van der Waals surface area contributed by atoms with E-state index >= 15 is 0 Å². The van der Waals surface area contributed by atoms with Gasteiger partial charge in [-0.25, -0.2) is 9.97 Å². The average molecular weight is 402 g/mol. The molecule has 0 aromatic carbocycles. The molecule has 0 amide bonds. The van der Waals surface area contributed by atoms with E-state index < -0.39 is 0 Å². The Balaban J connectivity index is 1.30. The fourth-order valence-corrected chi connectivity index (χ4v) is 3.81. The topological polar surface area (TPSA) is 111 Å². The molecule has 2 N–H and O–H groups in total. The lowest BCUT2D eigenvalue weighted by Crippen LogP contribution is -2.52. The second-order valence-electron chi connectivity index (χ2n) is 6.30. The molecule has 0 aliphatic carbocycles. The summed E-state index contributed by atoms with van der Waals surface area (Å²) in [5.74, 6) is 3.69. The van der Waals surface area contributed by atoms with E-state index in [-0.39, 0.29) is 0 Å². The van der Waals surface area contributed by atoms with Crippen LogP contribution in [0.3, 0.4) is 0 Å². The first-order valence-electron chi connectivity index (χ1n) is 9.25. The van der Waals surface area contributed by atoms with E-state index in [9.17, 15) is 0 Å². The monoisotopic (exact) mass is 401 g/mol. The predicted octanol–water partition coefficient (Wildman–Crippen LogP) is 1.38. The minimum Gasteiger partial charge on any atom is -0.461 e. The fourth-order valence-electron chi connectivity index (χ4n) is 3.01. The summed E-state index contributed by atoms with van der Waals surface area (Å²) >= 11 is 1.48. The minimum atomic E-state index is 0.511. The van der Waals surface area contributed by atoms with E-state index in [1.54, 1.807) is 13.3 Å². The molecule has 10 nitrogen and oxygen atoms in total. The van der Waals surface area contributed by atoms with Crippen molar-refractivity contribution in [2.24, 2.45) is 4.99 Å². The molecule has 0 atom stereocenters. The number of aromatic amines is 1. The number of hydrogen-bond donors (Lipinski definition) is 2. The van der Waals surface area contributed by atoms with Gasteiger partial charge in [-0.05, 0) is 12.1 Å². The summed E-state index contributed by atoms with van der Waals surface area (Å²) in [6.45, 7) is 6.11. The van der Waals surface area contributed by atoms with Gasteiger partial charge in [0.1, 0.15) is 11.6 Å². The van der Waals surface area contributed by atoms with Gasteiger partial charge in [0.2, 0.25) is 11.0 Å². The SMILES string of the molecule is CCc1nsc(N2CCN(C(=NC)NCc3nc(-c4ccco4)n[nH]3)CC2)n1. The lowest BCUT2D eigenvalue weighted by Gasteiger charge is -2.36. The van der Waals surface area contributed by atoms with E-state index in [1.807, 2.05) is 12.1 Å². The summed E-state index contributed by atoms with van der Waals surface area (Å²) in [7, 11) is 1.79. The maximum Gasteiger partial charge on any atom is 0.216 e. The maximum atomic E-state index is 5.32. The van der Waals surface area contributed by atoms with Gasteiger partial charge in [0, 0.05) is 51.2 Å². The highest BCUT2D eigenvalue weighted by atomic mass is 32.1. The molecular weight excluding hydrogens is 378 g/mol. The van der Waals surface area contributed by atoms with E-state index in [0.717, 1.165) is 55.3 Å². The number of rotatable bonds is 5. The third kappa shape index (κ3) is 3.98. The van der Waals surface area contributed by atoms with Crippen molar-refractivity contribution in [1.29, 1.82) is 0 Å². The lowest BCUT2D eigenvalue weighted by molar-refractivity contribution is 0.372. The van der Waals surface area contributed by atoms with Crippen LogP contribution in [0.2, 0.25) is 0 Å². The molecule has 4 rings (SSSR count). The highest BCUT2D eigenvalue weighted by molar-refractivity contribution is 7.09. The summed E-state index contributed by atoms with van der Waals surface area (Å²) in [4.78, 5) is 18.0. The van der Waals surface area contributed by atoms with Crippen molar-refractivity contribution in [2.75, 3.05) is 38.1 Å². The molecule has 0 saturated carbocycles. The normalized spacial score (nSPS) is 15.3. The van der Waals surface area contributed by atoms with Gasteiger partial charge >= 0.3 is 0 Å². The molecule has 11 heteroatoms. The van der Waals surface area contributed by atoms with Crippen LogP contribution in [0.4, 0.5) is 5.13 Å². The van der Waals surface area contributed by atoms with E-state index in [4.69, 9.17) is 4.42 Å². The number of nitrogens with zero attached hydrogens (tertiary/aromatic N) is 7. The number of furan rings is 1. The lowest BCUT2D eigenvalue weighted by atomic mass is 10.3. The molecule has 0 unspecified atom stereocenters. The molecule has 148 valence electrons. The Labute approximate surface area is 166 Å². The highest BCUT2D eigenvalue weighted by Gasteiger charge is 2.22. The molecule has 0 radical (unpaired) electrons. The number of aliphatic imine (C=N–C) groups is 1. The number of H-pyrrole nitrogens is 1. The second kappa shape index (κ2) is 8.38. The zero-order valence-corrected chi connectivity index (χ0v) is 16.7. The van der Waals surface area contributed by atoms with Crippen LogP contribution in [0.5, 0.6) is 0 Å². The third-order valence-corrected chi connectivity index (χ3v) is 5.34. The first-order valence-corrected chi connectivity index (χ1v) is 10.0. The van der Waals surface area contributed by atoms with Crippen molar-refractivity contribution in [3.05, 3.63) is 30.0 Å². The van der Waals surface area contributed by atoms with Gasteiger partial charge in [-0.3, -0.25) is 10.1 Å². The van der Waals surface area contributed by atoms with E-state index in [1.165, 1.54) is 11.5 Å². The van der Waals surface area contributed by atoms with E-state index in [2.05, 4.69) is 51.6 Å². The van der Waals surface area contributed by atoms with Crippen LogP contribution in [-0.2, 0) is 13.0 Å². The number of hydrogen-bond acceptors (Lipinski definition) is 8. The Kier molecular flexibility index (Phi) is 5.51. The van der Waals surface area contributed by atoms with E-state index in [0.29, 0.717) is 18.1 Å². The quantitative estimate of drug-likeness (QED) is 0.487. The van der Waals surface area contributed by atoms with Crippen LogP contribution in [0, 0.1) is 0 Å². The molecule has 0 spiro atoms. The molecule has 4 heterocycles. The van der Waals surface area contributed by atoms with Gasteiger partial charge in [0.05, 0.1) is 12.8 Å². The zero-order valence-electron chi connectivity index (χ0n) is 15.9. The molecule has 1 fully saturated rings. The summed E-state index contributed by atoms with van der Waals surface area (Å²) in [6, 6.07) is 3.65. The number of nitrogens with one attached hydrogen (secondary N) is 2. The number of piperazine rings is 1. The molecular formula is C17H23N9OS. The molecule has 1 saturated heterocycles. The minimum absolute atomic E-state index is 0.511. The zero-order chi connectivity index (χ0) is 19.3. The van der Waals surface area contributed by atoms with Crippen molar-refractivity contribution in [1.82, 2.24) is 34.8 Å². The highest BCUT2D eigenvalue weighted by Crippen LogP contribution is 2.19. The Morgan fingerprint density at radius 3 is 2.86 bits per heavy atom. The standard InChI is InChI=1S/C17H23N9OS/c1-3-13-21-17(28-24-13)26-8-6-25(7-9-26)16(18-2)19-11-14-20-15(23-22-14)12-5-4-10-27-12/h4-5,10H,3,6-9,11H2,1-2H3,(H,18,19)(H,20,22,23). The van der Waals surface area contributed by atoms with Crippen molar-refractivity contribution >= 4 is 22.6 Å². The van der Waals surface area contributed by atoms with Gasteiger partial charge in [0.25, 0.3) is 0 Å². The van der Waals surface area contributed by atoms with Crippen molar-refractivity contribution in [3.8, 4) is 11.6 Å². The molecule has 3 aromatic heterocycles. The Bertz CT molecular complexity index is 909. The Morgan fingerprint density at radius 1 is 1.32 bits per heavy atom. The van der Waals surface area contributed by atoms with Crippen LogP contribution in [0.25, 0.3) is 11.6 Å². The molecule has 1 aliphatic heterocycles. The summed E-state index contributed by atoms with van der Waals surface area (Å²) < 4.78 is 9.70. The Morgan fingerprint density at radius 2 is 2.18 bits per heavy atom. The number of aromatic nitrogens is 5. The summed E-state index contributed by atoms with van der Waals surface area (Å²) in [5, 5.41) is 11.5. The van der Waals surface area contributed by atoms with Crippen LogP contribution in [-0.4, -0.2) is 68.6 Å². The molecule has 3 aromatic rings. The number of aryl methyl sites for hydroxylation is 1. The predicted molar refractivity (Wildman–Crippen MR) is 107 cm³/mol.